The zero-order valence-corrected chi connectivity index (χ0v) is 11.2. The molecule has 1 aromatic heterocycles. The van der Waals surface area contributed by atoms with Crippen LogP contribution in [0, 0.1) is 6.92 Å². The van der Waals surface area contributed by atoms with Crippen molar-refractivity contribution < 1.29 is 4.74 Å². The lowest BCUT2D eigenvalue weighted by atomic mass is 10.3. The second-order valence-corrected chi connectivity index (χ2v) is 4.39. The summed E-state index contributed by atoms with van der Waals surface area (Å²) < 4.78 is 8.35. The van der Waals surface area contributed by atoms with E-state index in [-0.39, 0.29) is 11.2 Å². The molecule has 0 amide bonds. The van der Waals surface area contributed by atoms with Gasteiger partial charge in [0.15, 0.2) is 0 Å². The first-order valence-corrected chi connectivity index (χ1v) is 5.73. The van der Waals surface area contributed by atoms with Crippen LogP contribution in [0.25, 0.3) is 5.69 Å². The lowest BCUT2D eigenvalue weighted by molar-refractivity contribution is 0.409. The van der Waals surface area contributed by atoms with E-state index < -0.39 is 0 Å². The van der Waals surface area contributed by atoms with Crippen molar-refractivity contribution in [2.75, 3.05) is 12.8 Å². The third kappa shape index (κ3) is 1.76. The van der Waals surface area contributed by atoms with E-state index in [0.29, 0.717) is 22.2 Å². The van der Waals surface area contributed by atoms with Crippen LogP contribution >= 0.6 is 11.6 Å². The minimum atomic E-state index is -0.282. The molecule has 0 spiro atoms. The van der Waals surface area contributed by atoms with Crippen LogP contribution in [0.15, 0.2) is 23.0 Å². The number of methoxy groups -OCH3 is 1. The van der Waals surface area contributed by atoms with Gasteiger partial charge in [0.25, 0.3) is 5.56 Å². The van der Waals surface area contributed by atoms with Crippen LogP contribution in [0.4, 0.5) is 5.69 Å². The number of rotatable bonds is 2. The Hall–Kier alpha value is -1.88. The molecule has 18 heavy (non-hydrogen) atoms. The van der Waals surface area contributed by atoms with Crippen molar-refractivity contribution in [1.29, 1.82) is 0 Å². The molecule has 0 unspecified atom stereocenters. The summed E-state index contributed by atoms with van der Waals surface area (Å²) >= 11 is 5.96. The van der Waals surface area contributed by atoms with Crippen molar-refractivity contribution in [3.8, 4) is 11.4 Å². The van der Waals surface area contributed by atoms with Crippen LogP contribution in [0.2, 0.25) is 5.02 Å². The number of aromatic nitrogens is 2. The van der Waals surface area contributed by atoms with Crippen molar-refractivity contribution >= 4 is 17.3 Å². The van der Waals surface area contributed by atoms with E-state index in [4.69, 9.17) is 22.1 Å². The van der Waals surface area contributed by atoms with E-state index >= 15 is 0 Å². The topological polar surface area (TPSA) is 62.2 Å². The number of nitrogens with zero attached hydrogens (tertiary/aromatic N) is 2. The molecule has 0 aliphatic heterocycles. The van der Waals surface area contributed by atoms with Gasteiger partial charge in [-0.1, -0.05) is 11.6 Å². The van der Waals surface area contributed by atoms with E-state index in [9.17, 15) is 4.79 Å². The van der Waals surface area contributed by atoms with Gasteiger partial charge in [-0.25, -0.2) is 4.68 Å². The minimum absolute atomic E-state index is 0.222. The molecule has 0 saturated carbocycles. The van der Waals surface area contributed by atoms with Gasteiger partial charge >= 0.3 is 0 Å². The summed E-state index contributed by atoms with van der Waals surface area (Å²) in [6.45, 7) is 1.78. The molecule has 0 atom stereocenters. The van der Waals surface area contributed by atoms with Gasteiger partial charge in [-0.2, -0.15) is 0 Å². The summed E-state index contributed by atoms with van der Waals surface area (Å²) in [4.78, 5) is 12.1. The zero-order valence-electron chi connectivity index (χ0n) is 10.4. The third-order valence-electron chi connectivity index (χ3n) is 2.97. The highest BCUT2D eigenvalue weighted by molar-refractivity contribution is 6.30. The van der Waals surface area contributed by atoms with E-state index in [1.165, 1.54) is 11.8 Å². The van der Waals surface area contributed by atoms with Gasteiger partial charge in [0.2, 0.25) is 0 Å². The number of nitrogen functional groups attached to an aromatic ring is 1. The molecule has 0 radical (unpaired) electrons. The van der Waals surface area contributed by atoms with Crippen LogP contribution in [-0.4, -0.2) is 16.5 Å². The molecule has 0 saturated heterocycles. The Bertz CT molecular complexity index is 658. The molecule has 0 aliphatic rings. The van der Waals surface area contributed by atoms with Gasteiger partial charge in [0, 0.05) is 12.1 Å². The molecule has 5 nitrogen and oxygen atoms in total. The van der Waals surface area contributed by atoms with Gasteiger partial charge in [0.1, 0.15) is 17.1 Å². The molecule has 0 bridgehead atoms. The van der Waals surface area contributed by atoms with Gasteiger partial charge in [0.05, 0.1) is 12.8 Å². The lowest BCUT2D eigenvalue weighted by Gasteiger charge is -2.12. The summed E-state index contributed by atoms with van der Waals surface area (Å²) in [5, 5.41) is 0.523. The Balaban J connectivity index is 2.81. The third-order valence-corrected chi connectivity index (χ3v) is 3.20. The number of benzene rings is 1. The van der Waals surface area contributed by atoms with Crippen molar-refractivity contribution in [2.45, 2.75) is 6.92 Å². The normalized spacial score (nSPS) is 10.7. The van der Waals surface area contributed by atoms with Gasteiger partial charge in [-0.05, 0) is 25.1 Å². The van der Waals surface area contributed by atoms with E-state index in [1.54, 1.807) is 36.9 Å². The number of ether oxygens (including phenoxy) is 1. The first kappa shape index (κ1) is 12.6. The quantitative estimate of drug-likeness (QED) is 0.901. The summed E-state index contributed by atoms with van der Waals surface area (Å²) in [5.41, 5.74) is 6.95. The zero-order chi connectivity index (χ0) is 13.4. The average molecular weight is 268 g/mol. The second kappa shape index (κ2) is 4.42. The van der Waals surface area contributed by atoms with E-state index in [0.717, 1.165) is 0 Å². The Labute approximate surface area is 109 Å². The molecule has 0 aliphatic carbocycles. The Morgan fingerprint density at radius 1 is 1.39 bits per heavy atom. The average Bonchev–Trinajstić information content (AvgIpc) is 2.54. The minimum Gasteiger partial charge on any atom is -0.494 e. The van der Waals surface area contributed by atoms with Gasteiger partial charge in [-0.3, -0.25) is 9.48 Å². The molecular formula is C12H14ClN3O2. The highest BCUT2D eigenvalue weighted by atomic mass is 35.5. The number of hydrogen-bond acceptors (Lipinski definition) is 3. The molecular weight excluding hydrogens is 254 g/mol. The number of anilines is 1. The second-order valence-electron chi connectivity index (χ2n) is 3.96. The van der Waals surface area contributed by atoms with Crippen LogP contribution in [0.3, 0.4) is 0 Å². The summed E-state index contributed by atoms with van der Waals surface area (Å²) in [6.07, 6.45) is 0. The molecule has 96 valence electrons. The maximum absolute atomic E-state index is 12.1. The first-order chi connectivity index (χ1) is 8.47. The molecule has 2 aromatic rings. The van der Waals surface area contributed by atoms with Crippen molar-refractivity contribution in [1.82, 2.24) is 9.36 Å². The predicted molar refractivity (Wildman–Crippen MR) is 71.7 cm³/mol. The fourth-order valence-corrected chi connectivity index (χ4v) is 2.00. The van der Waals surface area contributed by atoms with Crippen LogP contribution in [-0.2, 0) is 7.05 Å². The highest BCUT2D eigenvalue weighted by Crippen LogP contribution is 2.26. The fraction of sp³-hybridized carbons (Fsp3) is 0.250. The molecule has 1 aromatic carbocycles. The monoisotopic (exact) mass is 267 g/mol. The Morgan fingerprint density at radius 3 is 2.56 bits per heavy atom. The van der Waals surface area contributed by atoms with Gasteiger partial charge in [-0.15, -0.1) is 0 Å². The van der Waals surface area contributed by atoms with Crippen molar-refractivity contribution in [3.63, 3.8) is 0 Å². The highest BCUT2D eigenvalue weighted by Gasteiger charge is 2.16. The molecule has 0 fully saturated rings. The Morgan fingerprint density at radius 2 is 2.06 bits per heavy atom. The van der Waals surface area contributed by atoms with Crippen molar-refractivity contribution in [3.05, 3.63) is 39.3 Å². The van der Waals surface area contributed by atoms with Crippen LogP contribution in [0.1, 0.15) is 5.69 Å². The van der Waals surface area contributed by atoms with Crippen LogP contribution in [0.5, 0.6) is 5.75 Å². The van der Waals surface area contributed by atoms with Crippen molar-refractivity contribution in [2.24, 2.45) is 7.05 Å². The summed E-state index contributed by atoms with van der Waals surface area (Å²) in [7, 11) is 3.30. The first-order valence-electron chi connectivity index (χ1n) is 5.35. The molecule has 2 N–H and O–H groups in total. The maximum Gasteiger partial charge on any atom is 0.294 e. The molecule has 2 rings (SSSR count). The Kier molecular flexibility index (Phi) is 3.09. The van der Waals surface area contributed by atoms with E-state index in [1.807, 2.05) is 0 Å². The van der Waals surface area contributed by atoms with Crippen LogP contribution < -0.4 is 16.0 Å². The number of nitrogens with two attached hydrogens (primary N) is 1. The summed E-state index contributed by atoms with van der Waals surface area (Å²) in [6, 6.07) is 5.08. The smallest absolute Gasteiger partial charge is 0.294 e. The summed E-state index contributed by atoms with van der Waals surface area (Å²) in [5.74, 6) is 0.558. The lowest BCUT2D eigenvalue weighted by Crippen LogP contribution is -2.21. The number of hydrogen-bond donors (Lipinski definition) is 1. The fourth-order valence-electron chi connectivity index (χ4n) is 1.83. The number of halogens is 1. The van der Waals surface area contributed by atoms with E-state index in [2.05, 4.69) is 0 Å². The molecule has 6 heteroatoms. The predicted octanol–water partition coefficient (Wildman–Crippen LogP) is 1.73. The van der Waals surface area contributed by atoms with Gasteiger partial charge < -0.3 is 10.5 Å². The SMILES string of the molecule is COc1ccc(Cl)cc1-n1c(=O)c(N)c(C)n1C. The molecule has 1 heterocycles. The largest absolute Gasteiger partial charge is 0.494 e. The standard InChI is InChI=1S/C12H14ClN3O2/c1-7-11(14)12(17)16(15(7)2)9-6-8(13)4-5-10(9)18-3/h4-6H,14H2,1-3H3. The maximum atomic E-state index is 12.1.